The van der Waals surface area contributed by atoms with Crippen LogP contribution >= 0.6 is 0 Å². The molecule has 0 spiro atoms. The van der Waals surface area contributed by atoms with Gasteiger partial charge in [0.15, 0.2) is 0 Å². The number of rotatable bonds is 4. The average Bonchev–Trinajstić information content (AvgIpc) is 3.00. The minimum Gasteiger partial charge on any atom is -0.330 e. The fourth-order valence-electron chi connectivity index (χ4n) is 2.38. The van der Waals surface area contributed by atoms with E-state index in [1.807, 2.05) is 30.6 Å². The van der Waals surface area contributed by atoms with Crippen molar-refractivity contribution in [2.75, 3.05) is 0 Å². The summed E-state index contributed by atoms with van der Waals surface area (Å²) in [5, 5.41) is 8.88. The third-order valence-corrected chi connectivity index (χ3v) is 3.66. The predicted octanol–water partition coefficient (Wildman–Crippen LogP) is 3.24. The third kappa shape index (κ3) is 2.02. The molecule has 1 aliphatic carbocycles. The number of imidazole rings is 1. The standard InChI is InChI=1S/C15H15N3/c16-9-8-15(6-7-15)12-18-11-10-17-14(18)13-4-2-1-3-5-13/h1-5,10-11H,6-8,12H2. The number of benzene rings is 1. The Balaban J connectivity index is 1.87. The summed E-state index contributed by atoms with van der Waals surface area (Å²) in [6, 6.07) is 12.5. The maximum Gasteiger partial charge on any atom is 0.139 e. The number of hydrogen-bond acceptors (Lipinski definition) is 2. The molecule has 18 heavy (non-hydrogen) atoms. The van der Waals surface area contributed by atoms with Crippen LogP contribution in [-0.4, -0.2) is 9.55 Å². The summed E-state index contributed by atoms with van der Waals surface area (Å²) in [7, 11) is 0. The Bertz CT molecular complexity index is 573. The van der Waals surface area contributed by atoms with Gasteiger partial charge in [0.1, 0.15) is 5.82 Å². The highest BCUT2D eigenvalue weighted by molar-refractivity contribution is 5.55. The molecule has 1 aromatic heterocycles. The van der Waals surface area contributed by atoms with E-state index in [1.165, 1.54) is 0 Å². The average molecular weight is 237 g/mol. The van der Waals surface area contributed by atoms with Gasteiger partial charge in [0, 0.05) is 36.3 Å². The third-order valence-electron chi connectivity index (χ3n) is 3.66. The van der Waals surface area contributed by atoms with Crippen molar-refractivity contribution in [2.45, 2.75) is 25.8 Å². The molecule has 1 aromatic carbocycles. The molecule has 2 aromatic rings. The van der Waals surface area contributed by atoms with Crippen LogP contribution in [0.3, 0.4) is 0 Å². The van der Waals surface area contributed by atoms with Crippen LogP contribution in [0.15, 0.2) is 42.7 Å². The number of nitrogens with zero attached hydrogens (tertiary/aromatic N) is 3. The SMILES string of the molecule is N#CCC1(Cn2ccnc2-c2ccccc2)CC1. The zero-order valence-corrected chi connectivity index (χ0v) is 10.2. The Morgan fingerprint density at radius 1 is 1.28 bits per heavy atom. The fourth-order valence-corrected chi connectivity index (χ4v) is 2.38. The molecular weight excluding hydrogens is 222 g/mol. The van der Waals surface area contributed by atoms with Crippen molar-refractivity contribution in [1.82, 2.24) is 9.55 Å². The topological polar surface area (TPSA) is 41.6 Å². The summed E-state index contributed by atoms with van der Waals surface area (Å²) in [6.45, 7) is 0.908. The van der Waals surface area contributed by atoms with Gasteiger partial charge < -0.3 is 4.57 Å². The van der Waals surface area contributed by atoms with Gasteiger partial charge in [0.2, 0.25) is 0 Å². The van der Waals surface area contributed by atoms with E-state index in [9.17, 15) is 0 Å². The molecule has 3 rings (SSSR count). The lowest BCUT2D eigenvalue weighted by atomic mass is 10.0. The molecule has 0 radical (unpaired) electrons. The Hall–Kier alpha value is -2.08. The number of hydrogen-bond donors (Lipinski definition) is 0. The van der Waals surface area contributed by atoms with Crippen molar-refractivity contribution >= 4 is 0 Å². The zero-order chi connectivity index (χ0) is 12.4. The first-order valence-corrected chi connectivity index (χ1v) is 6.27. The van der Waals surface area contributed by atoms with Crippen LogP contribution < -0.4 is 0 Å². The zero-order valence-electron chi connectivity index (χ0n) is 10.2. The van der Waals surface area contributed by atoms with Gasteiger partial charge in [-0.25, -0.2) is 4.98 Å². The molecule has 0 N–H and O–H groups in total. The lowest BCUT2D eigenvalue weighted by Gasteiger charge is -2.14. The van der Waals surface area contributed by atoms with E-state index >= 15 is 0 Å². The van der Waals surface area contributed by atoms with Crippen molar-refractivity contribution in [3.8, 4) is 17.5 Å². The summed E-state index contributed by atoms with van der Waals surface area (Å²) in [6.07, 6.45) is 6.82. The van der Waals surface area contributed by atoms with Crippen molar-refractivity contribution in [2.24, 2.45) is 5.41 Å². The Kier molecular flexibility index (Phi) is 2.64. The predicted molar refractivity (Wildman–Crippen MR) is 69.6 cm³/mol. The van der Waals surface area contributed by atoms with Crippen molar-refractivity contribution in [1.29, 1.82) is 5.26 Å². The first-order valence-electron chi connectivity index (χ1n) is 6.27. The van der Waals surface area contributed by atoms with Gasteiger partial charge in [-0.1, -0.05) is 30.3 Å². The van der Waals surface area contributed by atoms with Crippen LogP contribution in [0.25, 0.3) is 11.4 Å². The van der Waals surface area contributed by atoms with Crippen molar-refractivity contribution < 1.29 is 0 Å². The van der Waals surface area contributed by atoms with Crippen LogP contribution in [0.5, 0.6) is 0 Å². The van der Waals surface area contributed by atoms with E-state index in [0.717, 1.165) is 30.8 Å². The molecular formula is C15H15N3. The van der Waals surface area contributed by atoms with Gasteiger partial charge in [-0.2, -0.15) is 5.26 Å². The maximum atomic E-state index is 8.88. The van der Waals surface area contributed by atoms with E-state index in [0.29, 0.717) is 6.42 Å². The van der Waals surface area contributed by atoms with Gasteiger partial charge >= 0.3 is 0 Å². The quantitative estimate of drug-likeness (QED) is 0.819. The lowest BCUT2D eigenvalue weighted by molar-refractivity contribution is 0.434. The largest absolute Gasteiger partial charge is 0.330 e. The highest BCUT2D eigenvalue weighted by Gasteiger charge is 2.42. The molecule has 90 valence electrons. The minimum atomic E-state index is 0.207. The molecule has 0 atom stereocenters. The van der Waals surface area contributed by atoms with Crippen LogP contribution in [-0.2, 0) is 6.54 Å². The fraction of sp³-hybridized carbons (Fsp3) is 0.333. The first kappa shape index (κ1) is 11.0. The molecule has 3 heteroatoms. The van der Waals surface area contributed by atoms with E-state index < -0.39 is 0 Å². The molecule has 0 bridgehead atoms. The van der Waals surface area contributed by atoms with Crippen molar-refractivity contribution in [3.05, 3.63) is 42.7 Å². The maximum absolute atomic E-state index is 8.88. The summed E-state index contributed by atoms with van der Waals surface area (Å²) >= 11 is 0. The molecule has 0 unspecified atom stereocenters. The molecule has 3 nitrogen and oxygen atoms in total. The van der Waals surface area contributed by atoms with E-state index in [1.54, 1.807) is 0 Å². The molecule has 1 saturated carbocycles. The van der Waals surface area contributed by atoms with E-state index in [-0.39, 0.29) is 5.41 Å². The van der Waals surface area contributed by atoms with Gasteiger partial charge in [0.25, 0.3) is 0 Å². The Labute approximate surface area is 107 Å². The normalized spacial score (nSPS) is 16.2. The van der Waals surface area contributed by atoms with Crippen LogP contribution in [0.1, 0.15) is 19.3 Å². The second-order valence-corrected chi connectivity index (χ2v) is 5.08. The molecule has 0 saturated heterocycles. The van der Waals surface area contributed by atoms with Gasteiger partial charge in [-0.3, -0.25) is 0 Å². The van der Waals surface area contributed by atoms with Gasteiger partial charge in [-0.05, 0) is 12.8 Å². The summed E-state index contributed by atoms with van der Waals surface area (Å²) in [5.74, 6) is 1.000. The number of aromatic nitrogens is 2. The Morgan fingerprint density at radius 2 is 2.06 bits per heavy atom. The van der Waals surface area contributed by atoms with Crippen molar-refractivity contribution in [3.63, 3.8) is 0 Å². The molecule has 1 heterocycles. The minimum absolute atomic E-state index is 0.207. The monoisotopic (exact) mass is 237 g/mol. The van der Waals surface area contributed by atoms with Crippen LogP contribution in [0, 0.1) is 16.7 Å². The Morgan fingerprint density at radius 3 is 2.72 bits per heavy atom. The first-order chi connectivity index (χ1) is 8.83. The summed E-state index contributed by atoms with van der Waals surface area (Å²) in [5.41, 5.74) is 1.34. The summed E-state index contributed by atoms with van der Waals surface area (Å²) in [4.78, 5) is 4.44. The highest BCUT2D eigenvalue weighted by atomic mass is 15.1. The number of nitriles is 1. The second-order valence-electron chi connectivity index (χ2n) is 5.08. The van der Waals surface area contributed by atoms with Gasteiger partial charge in [-0.15, -0.1) is 0 Å². The van der Waals surface area contributed by atoms with Gasteiger partial charge in [0.05, 0.1) is 6.07 Å². The molecule has 0 aliphatic heterocycles. The summed E-state index contributed by atoms with van der Waals surface area (Å²) < 4.78 is 2.18. The lowest BCUT2D eigenvalue weighted by Crippen LogP contribution is -2.11. The second kappa shape index (κ2) is 4.30. The molecule has 0 amide bonds. The smallest absolute Gasteiger partial charge is 0.139 e. The molecule has 1 aliphatic rings. The highest BCUT2D eigenvalue weighted by Crippen LogP contribution is 2.50. The van der Waals surface area contributed by atoms with E-state index in [4.69, 9.17) is 5.26 Å². The van der Waals surface area contributed by atoms with Crippen LogP contribution in [0.2, 0.25) is 0 Å². The van der Waals surface area contributed by atoms with Crippen LogP contribution in [0.4, 0.5) is 0 Å². The molecule has 1 fully saturated rings. The van der Waals surface area contributed by atoms with E-state index in [2.05, 4.69) is 27.8 Å².